The van der Waals surface area contributed by atoms with E-state index in [4.69, 9.17) is 17.0 Å². The lowest BCUT2D eigenvalue weighted by Crippen LogP contribution is -2.00. The number of hydrogen-bond donors (Lipinski definition) is 1. The predicted molar refractivity (Wildman–Crippen MR) is 86.9 cm³/mol. The second-order valence-corrected chi connectivity index (χ2v) is 5.63. The van der Waals surface area contributed by atoms with Gasteiger partial charge in [-0.1, -0.05) is 11.8 Å². The second kappa shape index (κ2) is 6.71. The molecule has 1 aromatic carbocycles. The molecule has 0 aliphatic heterocycles. The first-order chi connectivity index (χ1) is 10.8. The van der Waals surface area contributed by atoms with Crippen LogP contribution in [0.15, 0.2) is 47.9 Å². The van der Waals surface area contributed by atoms with Crippen LogP contribution >= 0.6 is 24.0 Å². The van der Waals surface area contributed by atoms with Gasteiger partial charge in [0.05, 0.1) is 12.9 Å². The minimum atomic E-state index is 0.551. The van der Waals surface area contributed by atoms with Crippen LogP contribution in [-0.2, 0) is 5.75 Å². The molecule has 0 aliphatic carbocycles. The van der Waals surface area contributed by atoms with Crippen LogP contribution in [0.25, 0.3) is 5.69 Å². The zero-order valence-corrected chi connectivity index (χ0v) is 13.4. The highest BCUT2D eigenvalue weighted by atomic mass is 32.2. The van der Waals surface area contributed by atoms with E-state index in [9.17, 15) is 0 Å². The van der Waals surface area contributed by atoms with Crippen molar-refractivity contribution in [3.8, 4) is 11.4 Å². The monoisotopic (exact) mass is 331 g/mol. The quantitative estimate of drug-likeness (QED) is 0.440. The van der Waals surface area contributed by atoms with Gasteiger partial charge >= 0.3 is 0 Å². The van der Waals surface area contributed by atoms with Crippen molar-refractivity contribution in [3.05, 3.63) is 53.3 Å². The van der Waals surface area contributed by atoms with E-state index in [2.05, 4.69) is 20.2 Å². The summed E-state index contributed by atoms with van der Waals surface area (Å²) in [6.07, 6.45) is 3.44. The zero-order chi connectivity index (χ0) is 15.4. The van der Waals surface area contributed by atoms with Gasteiger partial charge in [-0.05, 0) is 42.5 Å². The Morgan fingerprint density at radius 3 is 2.64 bits per heavy atom. The van der Waals surface area contributed by atoms with Gasteiger partial charge in [-0.3, -0.25) is 9.67 Å². The smallest absolute Gasteiger partial charge is 0.199 e. The van der Waals surface area contributed by atoms with Crippen LogP contribution in [0.4, 0.5) is 0 Å². The van der Waals surface area contributed by atoms with Crippen molar-refractivity contribution in [2.75, 3.05) is 7.11 Å². The molecule has 2 aromatic heterocycles. The minimum absolute atomic E-state index is 0.551. The summed E-state index contributed by atoms with van der Waals surface area (Å²) < 4.78 is 7.62. The van der Waals surface area contributed by atoms with Crippen molar-refractivity contribution < 1.29 is 4.74 Å². The third-order valence-corrected chi connectivity index (χ3v) is 4.09. The summed E-state index contributed by atoms with van der Waals surface area (Å²) in [5.74, 6) is 2.23. The molecule has 8 heteroatoms. The molecule has 22 heavy (non-hydrogen) atoms. The number of ether oxygens (including phenoxy) is 1. The number of thioether (sulfide) groups is 1. The molecule has 112 valence electrons. The van der Waals surface area contributed by atoms with Crippen LogP contribution in [0.5, 0.6) is 5.75 Å². The average molecular weight is 331 g/mol. The lowest BCUT2D eigenvalue weighted by molar-refractivity contribution is 0.414. The van der Waals surface area contributed by atoms with E-state index in [-0.39, 0.29) is 0 Å². The van der Waals surface area contributed by atoms with E-state index >= 15 is 0 Å². The summed E-state index contributed by atoms with van der Waals surface area (Å²) >= 11 is 6.83. The number of nitrogens with zero attached hydrogens (tertiary/aromatic N) is 4. The molecule has 6 nitrogen and oxygen atoms in total. The first-order valence-electron chi connectivity index (χ1n) is 6.48. The zero-order valence-electron chi connectivity index (χ0n) is 11.8. The van der Waals surface area contributed by atoms with Gasteiger partial charge in [-0.15, -0.1) is 0 Å². The molecule has 0 bridgehead atoms. The molecular weight excluding hydrogens is 318 g/mol. The molecule has 0 unspecified atom stereocenters. The Kier molecular flexibility index (Phi) is 4.50. The highest BCUT2D eigenvalue weighted by molar-refractivity contribution is 7.98. The normalized spacial score (nSPS) is 10.6. The lowest BCUT2D eigenvalue weighted by Gasteiger charge is -2.07. The van der Waals surface area contributed by atoms with E-state index in [0.29, 0.717) is 15.7 Å². The van der Waals surface area contributed by atoms with Gasteiger partial charge in [0.25, 0.3) is 0 Å². The average Bonchev–Trinajstić information content (AvgIpc) is 2.95. The van der Waals surface area contributed by atoms with E-state index in [1.54, 1.807) is 25.6 Å². The standard InChI is InChI=1S/C14H13N5OS2/c1-20-11-5-3-10(4-6-11)19-12(17-18-14(19)21)9-22-13-15-7-2-8-16-13/h2-8H,9H2,1H3,(H,18,21). The third kappa shape index (κ3) is 3.18. The van der Waals surface area contributed by atoms with Gasteiger partial charge in [0.15, 0.2) is 9.93 Å². The van der Waals surface area contributed by atoms with Gasteiger partial charge in [0.1, 0.15) is 11.6 Å². The molecule has 3 rings (SSSR count). The van der Waals surface area contributed by atoms with Gasteiger partial charge in [0, 0.05) is 18.1 Å². The Labute approximate surface area is 136 Å². The maximum absolute atomic E-state index is 5.32. The molecule has 0 aliphatic rings. The molecule has 0 amide bonds. The largest absolute Gasteiger partial charge is 0.497 e. The van der Waals surface area contributed by atoms with Gasteiger partial charge < -0.3 is 4.74 Å². The molecule has 2 heterocycles. The van der Waals surface area contributed by atoms with Crippen LogP contribution in [0.3, 0.4) is 0 Å². The molecular formula is C14H13N5OS2. The highest BCUT2D eigenvalue weighted by Crippen LogP contribution is 2.21. The van der Waals surface area contributed by atoms with E-state index in [1.807, 2.05) is 28.8 Å². The Hall–Kier alpha value is -2.19. The molecule has 0 saturated carbocycles. The molecule has 0 radical (unpaired) electrons. The molecule has 0 saturated heterocycles. The fourth-order valence-corrected chi connectivity index (χ4v) is 2.89. The predicted octanol–water partition coefficient (Wildman–Crippen LogP) is 3.02. The maximum Gasteiger partial charge on any atom is 0.199 e. The maximum atomic E-state index is 5.32. The minimum Gasteiger partial charge on any atom is -0.497 e. The summed E-state index contributed by atoms with van der Waals surface area (Å²) in [4.78, 5) is 8.38. The number of nitrogens with one attached hydrogen (secondary N) is 1. The first-order valence-corrected chi connectivity index (χ1v) is 7.88. The molecule has 0 fully saturated rings. The number of aromatic amines is 1. The topological polar surface area (TPSA) is 68.6 Å². The number of methoxy groups -OCH3 is 1. The van der Waals surface area contributed by atoms with E-state index in [1.165, 1.54) is 11.8 Å². The van der Waals surface area contributed by atoms with Crippen molar-refractivity contribution >= 4 is 24.0 Å². The number of rotatable bonds is 5. The van der Waals surface area contributed by atoms with Gasteiger partial charge in [-0.2, -0.15) is 5.10 Å². The SMILES string of the molecule is COc1ccc(-n2c(CSc3ncccn3)n[nH]c2=S)cc1. The highest BCUT2D eigenvalue weighted by Gasteiger charge is 2.10. The summed E-state index contributed by atoms with van der Waals surface area (Å²) in [5.41, 5.74) is 0.934. The van der Waals surface area contributed by atoms with Crippen LogP contribution < -0.4 is 4.74 Å². The van der Waals surface area contributed by atoms with Gasteiger partial charge in [0.2, 0.25) is 0 Å². The summed E-state index contributed by atoms with van der Waals surface area (Å²) in [6, 6.07) is 9.45. The molecule has 0 atom stereocenters. The molecule has 3 aromatic rings. The lowest BCUT2D eigenvalue weighted by atomic mass is 10.3. The molecule has 0 spiro atoms. The van der Waals surface area contributed by atoms with Crippen LogP contribution in [0.2, 0.25) is 0 Å². The Bertz CT molecular complexity index is 798. The Morgan fingerprint density at radius 2 is 1.95 bits per heavy atom. The summed E-state index contributed by atoms with van der Waals surface area (Å²) in [7, 11) is 1.64. The van der Waals surface area contributed by atoms with Crippen LogP contribution in [-0.4, -0.2) is 31.8 Å². The molecule has 1 N–H and O–H groups in total. The van der Waals surface area contributed by atoms with Crippen molar-refractivity contribution in [1.82, 2.24) is 24.7 Å². The van der Waals surface area contributed by atoms with Gasteiger partial charge in [-0.25, -0.2) is 9.97 Å². The Balaban J connectivity index is 1.85. The third-order valence-electron chi connectivity index (χ3n) is 2.94. The summed E-state index contributed by atoms with van der Waals surface area (Å²) in [6.45, 7) is 0. The number of H-pyrrole nitrogens is 1. The van der Waals surface area contributed by atoms with Crippen LogP contribution in [0, 0.1) is 4.77 Å². The first kappa shape index (κ1) is 14.7. The number of hydrogen-bond acceptors (Lipinski definition) is 6. The van der Waals surface area contributed by atoms with Crippen LogP contribution in [0.1, 0.15) is 5.82 Å². The van der Waals surface area contributed by atoms with Crippen molar-refractivity contribution in [2.24, 2.45) is 0 Å². The fraction of sp³-hybridized carbons (Fsp3) is 0.143. The second-order valence-electron chi connectivity index (χ2n) is 4.30. The van der Waals surface area contributed by atoms with Crippen molar-refractivity contribution in [1.29, 1.82) is 0 Å². The Morgan fingerprint density at radius 1 is 1.23 bits per heavy atom. The fourth-order valence-electron chi connectivity index (χ4n) is 1.91. The van der Waals surface area contributed by atoms with E-state index in [0.717, 1.165) is 17.3 Å². The number of aromatic nitrogens is 5. The summed E-state index contributed by atoms with van der Waals surface area (Å²) in [5, 5.41) is 7.83. The van der Waals surface area contributed by atoms with Crippen molar-refractivity contribution in [2.45, 2.75) is 10.9 Å². The van der Waals surface area contributed by atoms with Crippen molar-refractivity contribution in [3.63, 3.8) is 0 Å². The van der Waals surface area contributed by atoms with E-state index < -0.39 is 0 Å². The number of benzene rings is 1.